The van der Waals surface area contributed by atoms with Gasteiger partial charge in [-0.25, -0.2) is 8.78 Å². The van der Waals surface area contributed by atoms with Crippen molar-refractivity contribution in [2.75, 3.05) is 18.5 Å². The van der Waals surface area contributed by atoms with E-state index in [0.29, 0.717) is 5.75 Å². The number of halogens is 2. The van der Waals surface area contributed by atoms with E-state index in [4.69, 9.17) is 4.74 Å². The van der Waals surface area contributed by atoms with Crippen LogP contribution in [-0.2, 0) is 6.42 Å². The van der Waals surface area contributed by atoms with E-state index in [1.807, 2.05) is 12.1 Å². The number of anilines is 1. The Balaban J connectivity index is 2.12. The van der Waals surface area contributed by atoms with Crippen LogP contribution in [0.1, 0.15) is 12.5 Å². The van der Waals surface area contributed by atoms with Gasteiger partial charge in [-0.2, -0.15) is 0 Å². The molecule has 82 valence electrons. The lowest BCUT2D eigenvalue weighted by atomic mass is 10.1. The van der Waals surface area contributed by atoms with Gasteiger partial charge >= 0.3 is 0 Å². The molecule has 0 aromatic heterocycles. The zero-order valence-electron chi connectivity index (χ0n) is 8.52. The molecule has 1 heterocycles. The van der Waals surface area contributed by atoms with Gasteiger partial charge in [0.25, 0.3) is 5.92 Å². The summed E-state index contributed by atoms with van der Waals surface area (Å²) in [5.41, 5.74) is 1.99. The number of rotatable bonds is 3. The highest BCUT2D eigenvalue weighted by Crippen LogP contribution is 2.33. The number of nitrogens with one attached hydrogen (secondary N) is 1. The molecule has 0 saturated heterocycles. The summed E-state index contributed by atoms with van der Waals surface area (Å²) in [6.07, 6.45) is 0.926. The fourth-order valence-electron chi connectivity index (χ4n) is 1.63. The van der Waals surface area contributed by atoms with Gasteiger partial charge in [0.1, 0.15) is 5.75 Å². The number of para-hydroxylation sites is 1. The van der Waals surface area contributed by atoms with Crippen molar-refractivity contribution < 1.29 is 13.5 Å². The van der Waals surface area contributed by atoms with Crippen LogP contribution in [0.15, 0.2) is 18.2 Å². The minimum absolute atomic E-state index is 0.520. The molecule has 0 saturated carbocycles. The van der Waals surface area contributed by atoms with E-state index < -0.39 is 12.5 Å². The lowest BCUT2D eigenvalue weighted by molar-refractivity contribution is -0.0227. The van der Waals surface area contributed by atoms with Gasteiger partial charge in [-0.3, -0.25) is 0 Å². The zero-order valence-corrected chi connectivity index (χ0v) is 8.52. The van der Waals surface area contributed by atoms with Crippen molar-refractivity contribution in [3.05, 3.63) is 23.8 Å². The lowest BCUT2D eigenvalue weighted by Gasteiger charge is -2.14. The van der Waals surface area contributed by atoms with Crippen LogP contribution < -0.4 is 10.1 Å². The molecule has 0 atom stereocenters. The second kappa shape index (κ2) is 3.68. The fraction of sp³-hybridized carbons (Fsp3) is 0.455. The molecule has 0 unspecified atom stereocenters. The summed E-state index contributed by atoms with van der Waals surface area (Å²) in [6, 6.07) is 5.52. The molecule has 1 aliphatic rings. The molecule has 1 N–H and O–H groups in total. The van der Waals surface area contributed by atoms with Crippen LogP contribution in [0.25, 0.3) is 0 Å². The second-order valence-corrected chi connectivity index (χ2v) is 3.83. The van der Waals surface area contributed by atoms with Crippen LogP contribution in [0, 0.1) is 0 Å². The number of benzene rings is 1. The number of hydrogen-bond acceptors (Lipinski definition) is 2. The Labute approximate surface area is 87.2 Å². The van der Waals surface area contributed by atoms with Gasteiger partial charge in [0.05, 0.1) is 5.69 Å². The number of fused-ring (bicyclic) bond motifs is 1. The van der Waals surface area contributed by atoms with Crippen molar-refractivity contribution in [3.8, 4) is 5.75 Å². The van der Waals surface area contributed by atoms with Gasteiger partial charge in [-0.1, -0.05) is 12.1 Å². The maximum atomic E-state index is 12.6. The highest BCUT2D eigenvalue weighted by Gasteiger charge is 2.23. The average Bonchev–Trinajstić information content (AvgIpc) is 2.61. The van der Waals surface area contributed by atoms with Gasteiger partial charge in [-0.05, 0) is 18.1 Å². The maximum Gasteiger partial charge on any atom is 0.278 e. The molecule has 0 amide bonds. The Hall–Kier alpha value is -1.32. The molecule has 1 aromatic carbocycles. The van der Waals surface area contributed by atoms with E-state index in [0.717, 1.165) is 31.1 Å². The van der Waals surface area contributed by atoms with Crippen molar-refractivity contribution in [1.29, 1.82) is 0 Å². The highest BCUT2D eigenvalue weighted by molar-refractivity contribution is 5.65. The molecule has 0 fully saturated rings. The minimum Gasteiger partial charge on any atom is -0.485 e. The van der Waals surface area contributed by atoms with E-state index >= 15 is 0 Å². The molecule has 1 aliphatic heterocycles. The molecular weight excluding hydrogens is 200 g/mol. The topological polar surface area (TPSA) is 21.3 Å². The van der Waals surface area contributed by atoms with Crippen molar-refractivity contribution in [3.63, 3.8) is 0 Å². The number of hydrogen-bond donors (Lipinski definition) is 1. The smallest absolute Gasteiger partial charge is 0.278 e. The summed E-state index contributed by atoms with van der Waals surface area (Å²) in [5, 5.41) is 3.14. The number of ether oxygens (including phenoxy) is 1. The molecular formula is C11H13F2NO. The first-order chi connectivity index (χ1) is 7.06. The first-order valence-electron chi connectivity index (χ1n) is 4.93. The first kappa shape index (κ1) is 10.2. The fourth-order valence-corrected chi connectivity index (χ4v) is 1.63. The Kier molecular flexibility index (Phi) is 2.50. The third-order valence-electron chi connectivity index (χ3n) is 2.29. The van der Waals surface area contributed by atoms with Crippen LogP contribution in [0.5, 0.6) is 5.75 Å². The van der Waals surface area contributed by atoms with E-state index in [2.05, 4.69) is 5.32 Å². The predicted octanol–water partition coefficient (Wildman–Crippen LogP) is 2.69. The van der Waals surface area contributed by atoms with Crippen LogP contribution in [0.2, 0.25) is 0 Å². The summed E-state index contributed by atoms with van der Waals surface area (Å²) < 4.78 is 30.3. The van der Waals surface area contributed by atoms with Crippen LogP contribution >= 0.6 is 0 Å². The molecule has 15 heavy (non-hydrogen) atoms. The summed E-state index contributed by atoms with van der Waals surface area (Å²) in [7, 11) is 0. The van der Waals surface area contributed by atoms with Crippen molar-refractivity contribution in [1.82, 2.24) is 0 Å². The van der Waals surface area contributed by atoms with Gasteiger partial charge in [0, 0.05) is 13.5 Å². The minimum atomic E-state index is -2.79. The molecule has 2 nitrogen and oxygen atoms in total. The summed E-state index contributed by atoms with van der Waals surface area (Å²) >= 11 is 0. The van der Waals surface area contributed by atoms with Crippen molar-refractivity contribution >= 4 is 5.69 Å². The second-order valence-electron chi connectivity index (χ2n) is 3.83. The molecule has 0 spiro atoms. The average molecular weight is 213 g/mol. The van der Waals surface area contributed by atoms with E-state index in [-0.39, 0.29) is 0 Å². The normalized spacial score (nSPS) is 14.6. The molecule has 0 aliphatic carbocycles. The van der Waals surface area contributed by atoms with Gasteiger partial charge in [0.15, 0.2) is 6.61 Å². The predicted molar refractivity (Wildman–Crippen MR) is 54.8 cm³/mol. The van der Waals surface area contributed by atoms with Gasteiger partial charge in [0.2, 0.25) is 0 Å². The van der Waals surface area contributed by atoms with E-state index in [1.54, 1.807) is 6.07 Å². The zero-order chi connectivity index (χ0) is 10.9. The molecule has 4 heteroatoms. The molecule has 1 aromatic rings. The van der Waals surface area contributed by atoms with Crippen molar-refractivity contribution in [2.24, 2.45) is 0 Å². The summed E-state index contributed by atoms with van der Waals surface area (Å²) in [5.74, 6) is -2.27. The molecule has 2 rings (SSSR count). The highest BCUT2D eigenvalue weighted by atomic mass is 19.3. The Morgan fingerprint density at radius 3 is 3.00 bits per heavy atom. The van der Waals surface area contributed by atoms with Crippen LogP contribution in [0.3, 0.4) is 0 Å². The Morgan fingerprint density at radius 1 is 1.47 bits per heavy atom. The monoisotopic (exact) mass is 213 g/mol. The standard InChI is InChI=1S/C11H13F2NO/c1-11(12,13)7-15-9-4-2-3-8-5-6-14-10(8)9/h2-4,14H,5-7H2,1H3. The largest absolute Gasteiger partial charge is 0.485 e. The SMILES string of the molecule is CC(F)(F)COc1cccc2c1NCC2. The third-order valence-corrected chi connectivity index (χ3v) is 2.29. The summed E-state index contributed by atoms with van der Waals surface area (Å²) in [4.78, 5) is 0. The number of alkyl halides is 2. The Bertz CT molecular complexity index is 360. The van der Waals surface area contributed by atoms with Crippen LogP contribution in [0.4, 0.5) is 14.5 Å². The summed E-state index contributed by atoms with van der Waals surface area (Å²) in [6.45, 7) is 1.12. The van der Waals surface area contributed by atoms with E-state index in [9.17, 15) is 8.78 Å². The maximum absolute atomic E-state index is 12.6. The van der Waals surface area contributed by atoms with Gasteiger partial charge < -0.3 is 10.1 Å². The lowest BCUT2D eigenvalue weighted by Crippen LogP contribution is -2.21. The quantitative estimate of drug-likeness (QED) is 0.833. The molecule has 0 bridgehead atoms. The van der Waals surface area contributed by atoms with Crippen LogP contribution in [-0.4, -0.2) is 19.1 Å². The third kappa shape index (κ3) is 2.37. The Morgan fingerprint density at radius 2 is 2.27 bits per heavy atom. The van der Waals surface area contributed by atoms with E-state index in [1.165, 1.54) is 0 Å². The van der Waals surface area contributed by atoms with Gasteiger partial charge in [-0.15, -0.1) is 0 Å². The molecule has 0 radical (unpaired) electrons. The first-order valence-corrected chi connectivity index (χ1v) is 4.93. The van der Waals surface area contributed by atoms with Crippen molar-refractivity contribution in [2.45, 2.75) is 19.3 Å².